The highest BCUT2D eigenvalue weighted by molar-refractivity contribution is 5.90. The SMILES string of the molecule is C.C.C.C=CCN1CC[C@@]23c4c5ccc(O)c4O[C@@H]2C(=O)CC[C@]3(O)C1C5.C=CCN1CC[C@@]23c4c5ccc(O)c4O[C@@H]2[C@@H](O)CC[C@]3(O)C1C5.C=CCN1CC[C@@]23c4c5ccc(O)c4O[C@@H]2[C@H](O)CC[C@]3(O)C1C5. The van der Waals surface area contributed by atoms with E-state index in [1.807, 2.05) is 36.4 Å². The number of ether oxygens (including phenoxy) is 3. The van der Waals surface area contributed by atoms with E-state index < -0.39 is 63.6 Å². The number of aromatic hydroxyl groups is 3. The van der Waals surface area contributed by atoms with Gasteiger partial charge in [0.05, 0.1) is 45.3 Å². The van der Waals surface area contributed by atoms with Gasteiger partial charge in [-0.25, -0.2) is 0 Å². The van der Waals surface area contributed by atoms with Crippen molar-refractivity contribution in [3.05, 3.63) is 108 Å². The average molecular weight is 1030 g/mol. The highest BCUT2D eigenvalue weighted by Gasteiger charge is 2.76. The molecule has 6 bridgehead atoms. The number of aliphatic hydroxyl groups excluding tert-OH is 2. The Morgan fingerprint density at radius 2 is 0.867 bits per heavy atom. The van der Waals surface area contributed by atoms with Crippen LogP contribution < -0.4 is 14.2 Å². The molecule has 8 N–H and O–H groups in total. The van der Waals surface area contributed by atoms with Gasteiger partial charge < -0.3 is 55.1 Å². The Labute approximate surface area is 441 Å². The number of piperidine rings is 3. The Morgan fingerprint density at radius 1 is 0.520 bits per heavy atom. The minimum Gasteiger partial charge on any atom is -0.504 e. The third kappa shape index (κ3) is 6.41. The molecule has 15 heteroatoms. The predicted octanol–water partition coefficient (Wildman–Crippen LogP) is 5.40. The molecule has 6 aliphatic carbocycles. The average Bonchev–Trinajstić information content (AvgIpc) is 4.22. The number of phenols is 3. The zero-order valence-corrected chi connectivity index (χ0v) is 40.7. The van der Waals surface area contributed by atoms with E-state index in [0.717, 1.165) is 98.3 Å². The van der Waals surface area contributed by atoms with E-state index in [9.17, 15) is 45.6 Å². The van der Waals surface area contributed by atoms with Gasteiger partial charge >= 0.3 is 0 Å². The fraction of sp³-hybridized carbons (Fsp3) is 0.583. The van der Waals surface area contributed by atoms with Crippen LogP contribution in [0.25, 0.3) is 0 Å². The predicted molar refractivity (Wildman–Crippen MR) is 284 cm³/mol. The molecule has 12 aliphatic rings. The van der Waals surface area contributed by atoms with Gasteiger partial charge in [0.25, 0.3) is 0 Å². The number of phenolic OH excluding ortho intramolecular Hbond substituents is 3. The van der Waals surface area contributed by atoms with Crippen LogP contribution in [0, 0.1) is 0 Å². The number of carbonyl (C=O) groups excluding carboxylic acids is 1. The van der Waals surface area contributed by atoms with Gasteiger partial charge in [-0.05, 0) is 119 Å². The Balaban J connectivity index is 0.000000126. The van der Waals surface area contributed by atoms with Crippen molar-refractivity contribution in [2.24, 2.45) is 0 Å². The molecule has 3 aromatic rings. The first kappa shape index (κ1) is 53.4. The monoisotopic (exact) mass is 1030 g/mol. The molecule has 6 fully saturated rings. The van der Waals surface area contributed by atoms with Crippen molar-refractivity contribution in [2.75, 3.05) is 39.3 Å². The van der Waals surface area contributed by atoms with Crippen molar-refractivity contribution in [3.63, 3.8) is 0 Å². The number of Topliss-reactive ketones (excluding diaryl/α,β-unsaturated/α-hetero) is 1. The van der Waals surface area contributed by atoms with Gasteiger partial charge in [-0.15, -0.1) is 19.7 Å². The van der Waals surface area contributed by atoms with E-state index >= 15 is 0 Å². The number of carbonyl (C=O) groups is 1. The minimum absolute atomic E-state index is 0. The molecule has 0 aromatic heterocycles. The quantitative estimate of drug-likeness (QED) is 0.145. The first-order valence-electron chi connectivity index (χ1n) is 26.2. The lowest BCUT2D eigenvalue weighted by Gasteiger charge is -2.63. The highest BCUT2D eigenvalue weighted by atomic mass is 16.5. The van der Waals surface area contributed by atoms with Gasteiger partial charge in [-0.2, -0.15) is 0 Å². The highest BCUT2D eigenvalue weighted by Crippen LogP contribution is 2.68. The molecule has 6 heterocycles. The van der Waals surface area contributed by atoms with Crippen LogP contribution in [-0.4, -0.2) is 166 Å². The summed E-state index contributed by atoms with van der Waals surface area (Å²) in [6.07, 6.45) is 10.00. The lowest BCUT2D eigenvalue weighted by molar-refractivity contribution is -0.206. The summed E-state index contributed by atoms with van der Waals surface area (Å²) in [4.78, 5) is 19.5. The zero-order valence-electron chi connectivity index (χ0n) is 40.7. The summed E-state index contributed by atoms with van der Waals surface area (Å²) in [6.45, 7) is 16.2. The molecule has 3 spiro atoms. The molecule has 15 rings (SSSR count). The Hall–Kier alpha value is -4.97. The van der Waals surface area contributed by atoms with E-state index in [0.29, 0.717) is 68.6 Å². The van der Waals surface area contributed by atoms with E-state index in [4.69, 9.17) is 14.2 Å². The summed E-state index contributed by atoms with van der Waals surface area (Å²) < 4.78 is 18.2. The third-order valence-corrected chi connectivity index (χ3v) is 20.5. The number of rotatable bonds is 6. The summed E-state index contributed by atoms with van der Waals surface area (Å²) >= 11 is 0. The van der Waals surface area contributed by atoms with Gasteiger partial charge in [0, 0.05) is 67.4 Å². The van der Waals surface area contributed by atoms with Crippen LogP contribution >= 0.6 is 0 Å². The topological polar surface area (TPSA) is 216 Å². The Bertz CT molecular complexity index is 2720. The molecule has 0 radical (unpaired) electrons. The van der Waals surface area contributed by atoms with E-state index in [1.165, 1.54) is 0 Å². The molecule has 3 saturated heterocycles. The van der Waals surface area contributed by atoms with Crippen LogP contribution in [-0.2, 0) is 40.3 Å². The molecule has 3 aromatic carbocycles. The molecular weight excluding hydrogens is 955 g/mol. The summed E-state index contributed by atoms with van der Waals surface area (Å²) in [5.41, 5.74) is 1.29. The molecule has 14 atom stereocenters. The second-order valence-corrected chi connectivity index (χ2v) is 23.0. The van der Waals surface area contributed by atoms with Crippen molar-refractivity contribution in [1.29, 1.82) is 0 Å². The van der Waals surface area contributed by atoms with Gasteiger partial charge in [-0.1, -0.05) is 58.7 Å². The second kappa shape index (κ2) is 18.1. The molecule has 406 valence electrons. The largest absolute Gasteiger partial charge is 0.504 e. The van der Waals surface area contributed by atoms with Crippen molar-refractivity contribution in [3.8, 4) is 34.5 Å². The van der Waals surface area contributed by atoms with Crippen LogP contribution in [0.3, 0.4) is 0 Å². The third-order valence-electron chi connectivity index (χ3n) is 20.5. The number of aliphatic hydroxyl groups is 5. The van der Waals surface area contributed by atoms with Crippen LogP contribution in [0.4, 0.5) is 0 Å². The van der Waals surface area contributed by atoms with Crippen LogP contribution in [0.1, 0.15) is 113 Å². The van der Waals surface area contributed by atoms with Gasteiger partial charge in [0.15, 0.2) is 46.4 Å². The lowest BCUT2D eigenvalue weighted by atomic mass is 9.48. The van der Waals surface area contributed by atoms with Crippen LogP contribution in [0.5, 0.6) is 34.5 Å². The summed E-state index contributed by atoms with van der Waals surface area (Å²) in [5, 5.41) is 87.7. The van der Waals surface area contributed by atoms with Crippen molar-refractivity contribution in [1.82, 2.24) is 14.7 Å². The summed E-state index contributed by atoms with van der Waals surface area (Å²) in [7, 11) is 0. The van der Waals surface area contributed by atoms with Gasteiger partial charge in [0.1, 0.15) is 12.2 Å². The molecule has 75 heavy (non-hydrogen) atoms. The molecule has 15 nitrogen and oxygen atoms in total. The van der Waals surface area contributed by atoms with Gasteiger partial charge in [0.2, 0.25) is 0 Å². The van der Waals surface area contributed by atoms with Crippen molar-refractivity contribution < 1.29 is 59.9 Å². The normalized spacial score (nSPS) is 39.7. The Kier molecular flexibility index (Phi) is 12.9. The number of benzene rings is 3. The maximum Gasteiger partial charge on any atom is 0.174 e. The lowest BCUT2D eigenvalue weighted by Crippen LogP contribution is -2.77. The van der Waals surface area contributed by atoms with Gasteiger partial charge in [-0.3, -0.25) is 19.5 Å². The second-order valence-electron chi connectivity index (χ2n) is 23.0. The molecule has 3 saturated carbocycles. The number of ketones is 1. The van der Waals surface area contributed by atoms with Crippen LogP contribution in [0.15, 0.2) is 74.4 Å². The Morgan fingerprint density at radius 3 is 1.25 bits per heavy atom. The standard InChI is InChI=1S/2C19H23NO4.C19H21NO4.3CH4/c3*1-2-8-20-9-7-18-15-11-3-4-12(21)16(15)24-17(18)13(22)5-6-19(18,23)14(20)10-11;;;/h2*2-4,13-14,17,21-23H,1,5-10H2;2-4,14,17,21,23H,1,5-10H2;3*1H4/t13-,14?,17+,18+,19-;13-,14?,17-,18-,19+;14?,17-,18-,19+;;;/m011.../s1. The van der Waals surface area contributed by atoms with E-state index in [-0.39, 0.29) is 63.4 Å². The van der Waals surface area contributed by atoms with Crippen LogP contribution in [0.2, 0.25) is 0 Å². The van der Waals surface area contributed by atoms with Crippen molar-refractivity contribution in [2.45, 2.75) is 181 Å². The fourth-order valence-corrected chi connectivity index (χ4v) is 17.8. The zero-order chi connectivity index (χ0) is 50.1. The number of likely N-dealkylation sites (tertiary alicyclic amines) is 3. The molecule has 0 amide bonds. The molecule has 6 aliphatic heterocycles. The maximum atomic E-state index is 12.6. The minimum atomic E-state index is -1.00. The maximum absolute atomic E-state index is 12.6. The first-order chi connectivity index (χ1) is 34.6. The fourth-order valence-electron chi connectivity index (χ4n) is 17.8. The smallest absolute Gasteiger partial charge is 0.174 e. The number of hydrogen-bond acceptors (Lipinski definition) is 15. The van der Waals surface area contributed by atoms with E-state index in [2.05, 4.69) is 34.4 Å². The number of hydrogen-bond donors (Lipinski definition) is 8. The first-order valence-corrected chi connectivity index (χ1v) is 26.2. The van der Waals surface area contributed by atoms with E-state index in [1.54, 1.807) is 18.2 Å². The summed E-state index contributed by atoms with van der Waals surface area (Å²) in [6, 6.07) is 10.7. The molecular formula is C60H79N3O12. The summed E-state index contributed by atoms with van der Waals surface area (Å²) in [5.74, 6) is 1.71. The number of nitrogens with zero attached hydrogens (tertiary/aromatic N) is 3. The molecule has 3 unspecified atom stereocenters. The van der Waals surface area contributed by atoms with Crippen molar-refractivity contribution >= 4 is 5.78 Å².